The fourth-order valence-corrected chi connectivity index (χ4v) is 1.53. The largest absolute Gasteiger partial charge is 0.465 e. The Kier molecular flexibility index (Phi) is 3.98. The van der Waals surface area contributed by atoms with Crippen molar-refractivity contribution in [1.29, 1.82) is 0 Å². The summed E-state index contributed by atoms with van der Waals surface area (Å²) < 4.78 is 0. The number of hydrogen-bond acceptors (Lipinski definition) is 3. The first-order valence-electron chi connectivity index (χ1n) is 5.55. The van der Waals surface area contributed by atoms with E-state index < -0.39 is 6.09 Å². The molecule has 1 aliphatic rings. The van der Waals surface area contributed by atoms with E-state index >= 15 is 0 Å². The fourth-order valence-electron chi connectivity index (χ4n) is 1.53. The SMILES string of the molecule is O=C(O)N1C=C(NOCc2ccccc2)C=CC1. The van der Waals surface area contributed by atoms with Crippen molar-refractivity contribution in [2.75, 3.05) is 6.54 Å². The maximum Gasteiger partial charge on any atom is 0.411 e. The first-order chi connectivity index (χ1) is 8.75. The molecular weight excluding hydrogens is 232 g/mol. The van der Waals surface area contributed by atoms with Crippen molar-refractivity contribution in [3.8, 4) is 0 Å². The second-order valence-corrected chi connectivity index (χ2v) is 3.80. The summed E-state index contributed by atoms with van der Waals surface area (Å²) in [4.78, 5) is 17.2. The summed E-state index contributed by atoms with van der Waals surface area (Å²) in [5, 5.41) is 8.84. The molecule has 0 aromatic heterocycles. The molecule has 1 aromatic carbocycles. The van der Waals surface area contributed by atoms with Crippen LogP contribution in [0.25, 0.3) is 0 Å². The van der Waals surface area contributed by atoms with Gasteiger partial charge in [0.15, 0.2) is 0 Å². The van der Waals surface area contributed by atoms with Crippen molar-refractivity contribution in [1.82, 2.24) is 10.4 Å². The summed E-state index contributed by atoms with van der Waals surface area (Å²) in [5.41, 5.74) is 4.38. The van der Waals surface area contributed by atoms with E-state index in [4.69, 9.17) is 9.94 Å². The van der Waals surface area contributed by atoms with Gasteiger partial charge in [0.2, 0.25) is 0 Å². The number of rotatable bonds is 4. The normalized spacial score (nSPS) is 14.2. The Morgan fingerprint density at radius 1 is 1.39 bits per heavy atom. The summed E-state index contributed by atoms with van der Waals surface area (Å²) in [6, 6.07) is 9.72. The third-order valence-electron chi connectivity index (χ3n) is 2.41. The smallest absolute Gasteiger partial charge is 0.411 e. The van der Waals surface area contributed by atoms with Crippen molar-refractivity contribution in [2.45, 2.75) is 6.61 Å². The molecule has 0 radical (unpaired) electrons. The van der Waals surface area contributed by atoms with E-state index in [-0.39, 0.29) is 0 Å². The molecule has 2 rings (SSSR count). The van der Waals surface area contributed by atoms with Crippen molar-refractivity contribution < 1.29 is 14.7 Å². The van der Waals surface area contributed by atoms with Gasteiger partial charge in [-0.1, -0.05) is 36.4 Å². The van der Waals surface area contributed by atoms with E-state index in [1.807, 2.05) is 30.3 Å². The summed E-state index contributed by atoms with van der Waals surface area (Å²) in [6.07, 6.45) is 4.04. The van der Waals surface area contributed by atoms with Crippen LogP contribution in [-0.4, -0.2) is 22.6 Å². The van der Waals surface area contributed by atoms with Crippen LogP contribution in [0.1, 0.15) is 5.56 Å². The first kappa shape index (κ1) is 12.2. The molecule has 5 nitrogen and oxygen atoms in total. The zero-order chi connectivity index (χ0) is 12.8. The number of carbonyl (C=O) groups is 1. The maximum atomic E-state index is 10.8. The fraction of sp³-hybridized carbons (Fsp3) is 0.154. The number of carboxylic acid groups (broad SMARTS) is 1. The van der Waals surface area contributed by atoms with E-state index in [9.17, 15) is 4.79 Å². The number of allylic oxidation sites excluding steroid dienone is 1. The molecule has 5 heteroatoms. The summed E-state index contributed by atoms with van der Waals surface area (Å²) in [6.45, 7) is 0.776. The Morgan fingerprint density at radius 2 is 2.17 bits per heavy atom. The second kappa shape index (κ2) is 5.88. The van der Waals surface area contributed by atoms with Gasteiger partial charge in [0.25, 0.3) is 0 Å². The van der Waals surface area contributed by atoms with Crippen LogP contribution < -0.4 is 5.48 Å². The standard InChI is InChI=1S/C13H14N2O3/c16-13(17)15-8-4-7-12(9-15)14-18-10-11-5-2-1-3-6-11/h1-7,9,14H,8,10H2,(H,16,17). The second-order valence-electron chi connectivity index (χ2n) is 3.80. The molecule has 0 saturated heterocycles. The molecule has 0 bridgehead atoms. The molecule has 0 aliphatic carbocycles. The van der Waals surface area contributed by atoms with Crippen molar-refractivity contribution in [3.05, 3.63) is 59.9 Å². The Balaban J connectivity index is 1.83. The number of hydroxylamine groups is 1. The third-order valence-corrected chi connectivity index (χ3v) is 2.41. The lowest BCUT2D eigenvalue weighted by Gasteiger charge is -2.18. The van der Waals surface area contributed by atoms with Gasteiger partial charge in [-0.15, -0.1) is 0 Å². The highest BCUT2D eigenvalue weighted by Crippen LogP contribution is 2.06. The monoisotopic (exact) mass is 246 g/mol. The minimum atomic E-state index is -0.985. The van der Waals surface area contributed by atoms with E-state index in [0.29, 0.717) is 18.8 Å². The number of nitrogens with one attached hydrogen (secondary N) is 1. The van der Waals surface area contributed by atoms with E-state index in [1.54, 1.807) is 12.2 Å². The molecule has 2 N–H and O–H groups in total. The van der Waals surface area contributed by atoms with Crippen LogP contribution in [0, 0.1) is 0 Å². The van der Waals surface area contributed by atoms with Gasteiger partial charge in [-0.2, -0.15) is 0 Å². The average molecular weight is 246 g/mol. The molecule has 18 heavy (non-hydrogen) atoms. The quantitative estimate of drug-likeness (QED) is 0.799. The summed E-state index contributed by atoms with van der Waals surface area (Å²) in [7, 11) is 0. The van der Waals surface area contributed by atoms with Gasteiger partial charge in [0.05, 0.1) is 12.3 Å². The zero-order valence-corrected chi connectivity index (χ0v) is 9.74. The summed E-state index contributed by atoms with van der Waals surface area (Å²) >= 11 is 0. The van der Waals surface area contributed by atoms with Crippen molar-refractivity contribution in [2.24, 2.45) is 0 Å². The molecule has 0 saturated carbocycles. The van der Waals surface area contributed by atoms with Gasteiger partial charge in [-0.25, -0.2) is 4.79 Å². The van der Waals surface area contributed by atoms with Crippen LogP contribution in [0.3, 0.4) is 0 Å². The number of benzene rings is 1. The molecule has 1 aliphatic heterocycles. The van der Waals surface area contributed by atoms with Gasteiger partial charge in [-0.05, 0) is 11.6 Å². The Morgan fingerprint density at radius 3 is 2.89 bits per heavy atom. The topological polar surface area (TPSA) is 61.8 Å². The van der Waals surface area contributed by atoms with Gasteiger partial charge >= 0.3 is 6.09 Å². The molecule has 0 unspecified atom stereocenters. The molecule has 94 valence electrons. The minimum Gasteiger partial charge on any atom is -0.465 e. The molecule has 1 amide bonds. The van der Waals surface area contributed by atoms with Gasteiger partial charge in [0, 0.05) is 12.7 Å². The average Bonchev–Trinajstić information content (AvgIpc) is 2.40. The van der Waals surface area contributed by atoms with Gasteiger partial charge in [-0.3, -0.25) is 15.2 Å². The lowest BCUT2D eigenvalue weighted by Crippen LogP contribution is -2.28. The van der Waals surface area contributed by atoms with Crippen LogP contribution >= 0.6 is 0 Å². The number of nitrogens with zero attached hydrogens (tertiary/aromatic N) is 1. The van der Waals surface area contributed by atoms with E-state index in [0.717, 1.165) is 5.56 Å². The zero-order valence-electron chi connectivity index (χ0n) is 9.74. The van der Waals surface area contributed by atoms with Crippen LogP contribution in [0.4, 0.5) is 4.79 Å². The predicted molar refractivity (Wildman–Crippen MR) is 66.3 cm³/mol. The van der Waals surface area contributed by atoms with Crippen LogP contribution in [0.5, 0.6) is 0 Å². The Hall–Kier alpha value is -2.27. The first-order valence-corrected chi connectivity index (χ1v) is 5.55. The highest BCUT2D eigenvalue weighted by Gasteiger charge is 2.11. The Labute approximate surface area is 105 Å². The van der Waals surface area contributed by atoms with Crippen LogP contribution in [0.15, 0.2) is 54.4 Å². The molecule has 0 atom stereocenters. The lowest BCUT2D eigenvalue weighted by atomic mass is 10.2. The van der Waals surface area contributed by atoms with Crippen LogP contribution in [-0.2, 0) is 11.4 Å². The lowest BCUT2D eigenvalue weighted by molar-refractivity contribution is 0.0502. The molecule has 1 aromatic rings. The Bertz CT molecular complexity index is 468. The van der Waals surface area contributed by atoms with Gasteiger partial charge < -0.3 is 5.11 Å². The third kappa shape index (κ3) is 3.36. The van der Waals surface area contributed by atoms with Crippen molar-refractivity contribution >= 4 is 6.09 Å². The van der Waals surface area contributed by atoms with E-state index in [1.165, 1.54) is 11.1 Å². The van der Waals surface area contributed by atoms with Gasteiger partial charge in [0.1, 0.15) is 0 Å². The molecular formula is C13H14N2O3. The predicted octanol–water partition coefficient (Wildman–Crippen LogP) is 2.10. The highest BCUT2D eigenvalue weighted by molar-refractivity contribution is 5.67. The molecule has 0 spiro atoms. The van der Waals surface area contributed by atoms with Crippen molar-refractivity contribution in [3.63, 3.8) is 0 Å². The minimum absolute atomic E-state index is 0.360. The number of amides is 1. The molecule has 0 fully saturated rings. The highest BCUT2D eigenvalue weighted by atomic mass is 16.6. The number of hydrogen-bond donors (Lipinski definition) is 2. The maximum absolute atomic E-state index is 10.8. The van der Waals surface area contributed by atoms with Crippen LogP contribution in [0.2, 0.25) is 0 Å². The van der Waals surface area contributed by atoms with E-state index in [2.05, 4.69) is 5.48 Å². The summed E-state index contributed by atoms with van der Waals surface area (Å²) in [5.74, 6) is 0. The molecule has 1 heterocycles.